The van der Waals surface area contributed by atoms with Crippen molar-refractivity contribution < 1.29 is 19.1 Å². The summed E-state index contributed by atoms with van der Waals surface area (Å²) in [6.45, 7) is 0. The minimum absolute atomic E-state index is 0.153. The Morgan fingerprint density at radius 2 is 1.77 bits per heavy atom. The van der Waals surface area contributed by atoms with E-state index in [9.17, 15) is 9.59 Å². The Labute approximate surface area is 160 Å². The zero-order valence-electron chi connectivity index (χ0n) is 14.0. The molecule has 2 rings (SSSR count). The van der Waals surface area contributed by atoms with Crippen LogP contribution >= 0.6 is 23.2 Å². The summed E-state index contributed by atoms with van der Waals surface area (Å²) in [6, 6.07) is 9.64. The first-order valence-corrected chi connectivity index (χ1v) is 8.15. The van der Waals surface area contributed by atoms with Crippen LogP contribution in [0.5, 0.6) is 11.5 Å². The number of hydrogen-bond acceptors (Lipinski definition) is 4. The van der Waals surface area contributed by atoms with Gasteiger partial charge in [-0.2, -0.15) is 0 Å². The van der Waals surface area contributed by atoms with Crippen molar-refractivity contribution >= 4 is 41.1 Å². The van der Waals surface area contributed by atoms with Crippen LogP contribution in [0.1, 0.15) is 15.9 Å². The molecule has 0 unspecified atom stereocenters. The van der Waals surface area contributed by atoms with Gasteiger partial charge in [0.25, 0.3) is 11.8 Å². The number of carbonyl (C=O) groups is 2. The normalized spacial score (nSPS) is 10.5. The van der Waals surface area contributed by atoms with Gasteiger partial charge in [-0.05, 0) is 36.4 Å². The highest BCUT2D eigenvalue weighted by molar-refractivity contribution is 6.35. The zero-order chi connectivity index (χ0) is 19.1. The molecule has 0 aliphatic heterocycles. The minimum Gasteiger partial charge on any atom is -0.497 e. The molecule has 2 N–H and O–H groups in total. The van der Waals surface area contributed by atoms with Gasteiger partial charge in [0, 0.05) is 22.7 Å². The molecule has 0 aromatic heterocycles. The van der Waals surface area contributed by atoms with Gasteiger partial charge in [-0.1, -0.05) is 23.2 Å². The molecule has 8 heteroatoms. The van der Waals surface area contributed by atoms with Gasteiger partial charge >= 0.3 is 0 Å². The van der Waals surface area contributed by atoms with E-state index in [-0.39, 0.29) is 10.6 Å². The minimum atomic E-state index is -0.582. The van der Waals surface area contributed by atoms with Crippen molar-refractivity contribution in [2.24, 2.45) is 0 Å². The van der Waals surface area contributed by atoms with Crippen LogP contribution in [0.25, 0.3) is 6.08 Å². The highest BCUT2D eigenvalue weighted by Gasteiger charge is 2.11. The van der Waals surface area contributed by atoms with Gasteiger partial charge in [-0.25, -0.2) is 0 Å². The van der Waals surface area contributed by atoms with Crippen LogP contribution in [-0.2, 0) is 4.79 Å². The molecule has 0 atom stereocenters. The Balaban J connectivity index is 1.99. The van der Waals surface area contributed by atoms with Crippen molar-refractivity contribution in [3.05, 3.63) is 63.6 Å². The third-order valence-electron chi connectivity index (χ3n) is 3.33. The zero-order valence-corrected chi connectivity index (χ0v) is 15.5. The SMILES string of the molecule is COc1ccc(/C=C/C(=O)NNC(=O)c2cc(Cl)ccc2Cl)c(OC)c1. The lowest BCUT2D eigenvalue weighted by Crippen LogP contribution is -2.40. The number of ether oxygens (including phenoxy) is 2. The second-order valence-corrected chi connectivity index (χ2v) is 5.85. The molecule has 0 saturated heterocycles. The van der Waals surface area contributed by atoms with Gasteiger partial charge in [0.1, 0.15) is 11.5 Å². The fourth-order valence-corrected chi connectivity index (χ4v) is 2.40. The van der Waals surface area contributed by atoms with E-state index in [0.29, 0.717) is 22.1 Å². The van der Waals surface area contributed by atoms with E-state index in [1.807, 2.05) is 0 Å². The molecule has 0 aliphatic rings. The average Bonchev–Trinajstić information content (AvgIpc) is 2.66. The lowest BCUT2D eigenvalue weighted by Gasteiger charge is -2.08. The number of halogens is 2. The van der Waals surface area contributed by atoms with Crippen LogP contribution in [0.3, 0.4) is 0 Å². The van der Waals surface area contributed by atoms with Crippen LogP contribution in [0.15, 0.2) is 42.5 Å². The van der Waals surface area contributed by atoms with Crippen LogP contribution in [0.4, 0.5) is 0 Å². The maximum atomic E-state index is 12.0. The second kappa shape index (κ2) is 9.12. The topological polar surface area (TPSA) is 76.7 Å². The van der Waals surface area contributed by atoms with E-state index in [0.717, 1.165) is 0 Å². The van der Waals surface area contributed by atoms with Crippen molar-refractivity contribution in [1.29, 1.82) is 0 Å². The van der Waals surface area contributed by atoms with Gasteiger partial charge in [0.15, 0.2) is 0 Å². The number of nitrogens with one attached hydrogen (secondary N) is 2. The van der Waals surface area contributed by atoms with Crippen LogP contribution in [-0.4, -0.2) is 26.0 Å². The van der Waals surface area contributed by atoms with Gasteiger partial charge in [-0.15, -0.1) is 0 Å². The van der Waals surface area contributed by atoms with Crippen molar-refractivity contribution in [1.82, 2.24) is 10.9 Å². The molecule has 2 aromatic carbocycles. The first-order chi connectivity index (χ1) is 12.4. The molecular formula is C18H16Cl2N2O4. The van der Waals surface area contributed by atoms with Crippen molar-refractivity contribution in [2.45, 2.75) is 0 Å². The van der Waals surface area contributed by atoms with Gasteiger partial charge < -0.3 is 9.47 Å². The van der Waals surface area contributed by atoms with E-state index in [4.69, 9.17) is 32.7 Å². The summed E-state index contributed by atoms with van der Waals surface area (Å²) in [5.74, 6) is 0.0629. The summed E-state index contributed by atoms with van der Waals surface area (Å²) in [6.07, 6.45) is 2.80. The molecule has 0 bridgehead atoms. The standard InChI is InChI=1S/C18H16Cl2N2O4/c1-25-13-6-3-11(16(10-13)26-2)4-8-17(23)21-22-18(24)14-9-12(19)5-7-15(14)20/h3-10H,1-2H3,(H,21,23)(H,22,24)/b8-4+. The highest BCUT2D eigenvalue weighted by atomic mass is 35.5. The highest BCUT2D eigenvalue weighted by Crippen LogP contribution is 2.25. The van der Waals surface area contributed by atoms with Crippen LogP contribution < -0.4 is 20.3 Å². The Morgan fingerprint density at radius 3 is 2.46 bits per heavy atom. The summed E-state index contributed by atoms with van der Waals surface area (Å²) in [5, 5.41) is 0.581. The molecule has 0 fully saturated rings. The summed E-state index contributed by atoms with van der Waals surface area (Å²) in [5.41, 5.74) is 5.36. The Bertz CT molecular complexity index is 853. The molecule has 26 heavy (non-hydrogen) atoms. The molecule has 0 spiro atoms. The third-order valence-corrected chi connectivity index (χ3v) is 3.89. The van der Waals surface area contributed by atoms with Crippen molar-refractivity contribution in [3.8, 4) is 11.5 Å². The molecule has 0 saturated carbocycles. The Morgan fingerprint density at radius 1 is 1.00 bits per heavy atom. The summed E-state index contributed by atoms with van der Waals surface area (Å²) in [4.78, 5) is 23.9. The van der Waals surface area contributed by atoms with Gasteiger partial charge in [-0.3, -0.25) is 20.4 Å². The van der Waals surface area contributed by atoms with E-state index in [1.54, 1.807) is 37.5 Å². The number of methoxy groups -OCH3 is 2. The third kappa shape index (κ3) is 5.15. The van der Waals surface area contributed by atoms with E-state index >= 15 is 0 Å². The smallest absolute Gasteiger partial charge is 0.271 e. The number of hydrazine groups is 1. The van der Waals surface area contributed by atoms with Gasteiger partial charge in [0.2, 0.25) is 0 Å². The Kier molecular flexibility index (Phi) is 6.89. The molecule has 0 radical (unpaired) electrons. The van der Waals surface area contributed by atoms with Crippen molar-refractivity contribution in [3.63, 3.8) is 0 Å². The predicted octanol–water partition coefficient (Wildman–Crippen LogP) is 3.49. The fourth-order valence-electron chi connectivity index (χ4n) is 2.02. The largest absolute Gasteiger partial charge is 0.497 e. The molecule has 0 heterocycles. The van der Waals surface area contributed by atoms with E-state index in [1.165, 1.54) is 25.3 Å². The average molecular weight is 395 g/mol. The van der Waals surface area contributed by atoms with Crippen molar-refractivity contribution in [2.75, 3.05) is 14.2 Å². The van der Waals surface area contributed by atoms with E-state index < -0.39 is 11.8 Å². The summed E-state index contributed by atoms with van der Waals surface area (Å²) < 4.78 is 10.4. The summed E-state index contributed by atoms with van der Waals surface area (Å²) >= 11 is 11.8. The predicted molar refractivity (Wildman–Crippen MR) is 101 cm³/mol. The van der Waals surface area contributed by atoms with Crippen LogP contribution in [0.2, 0.25) is 10.0 Å². The van der Waals surface area contributed by atoms with Crippen LogP contribution in [0, 0.1) is 0 Å². The molecule has 136 valence electrons. The monoisotopic (exact) mass is 394 g/mol. The molecule has 2 aromatic rings. The summed E-state index contributed by atoms with van der Waals surface area (Å²) in [7, 11) is 3.06. The maximum absolute atomic E-state index is 12.0. The first-order valence-electron chi connectivity index (χ1n) is 7.40. The van der Waals surface area contributed by atoms with Gasteiger partial charge in [0.05, 0.1) is 24.8 Å². The van der Waals surface area contributed by atoms with E-state index in [2.05, 4.69) is 10.9 Å². The molecular weight excluding hydrogens is 379 g/mol. The number of rotatable bonds is 5. The first kappa shape index (κ1) is 19.6. The number of hydrogen-bond donors (Lipinski definition) is 2. The number of benzene rings is 2. The molecule has 0 aliphatic carbocycles. The lowest BCUT2D eigenvalue weighted by atomic mass is 10.1. The molecule has 6 nitrogen and oxygen atoms in total. The molecule has 2 amide bonds. The fraction of sp³-hybridized carbons (Fsp3) is 0.111. The number of amides is 2. The lowest BCUT2D eigenvalue weighted by molar-refractivity contribution is -0.117. The Hall–Kier alpha value is -2.70. The number of carbonyl (C=O) groups excluding carboxylic acids is 2. The quantitative estimate of drug-likeness (QED) is 0.600. The second-order valence-electron chi connectivity index (χ2n) is 5.01. The maximum Gasteiger partial charge on any atom is 0.271 e.